The molecule has 0 aliphatic rings. The fraction of sp³-hybridized carbons (Fsp3) is 0.280. The van der Waals surface area contributed by atoms with Gasteiger partial charge in [-0.25, -0.2) is 14.8 Å². The number of benzene rings is 2. The van der Waals surface area contributed by atoms with Gasteiger partial charge in [0.1, 0.15) is 23.2 Å². The topological polar surface area (TPSA) is 132 Å². The molecule has 0 fully saturated rings. The molecule has 0 aliphatic carbocycles. The van der Waals surface area contributed by atoms with Gasteiger partial charge >= 0.3 is 12.2 Å². The Balaban J connectivity index is 0.00000195. The van der Waals surface area contributed by atoms with E-state index in [9.17, 15) is 23.1 Å². The summed E-state index contributed by atoms with van der Waals surface area (Å²) in [5.41, 5.74) is -1.85. The summed E-state index contributed by atoms with van der Waals surface area (Å²) in [6.45, 7) is 5.91. The van der Waals surface area contributed by atoms with Crippen LogP contribution in [0.1, 0.15) is 33.4 Å². The number of carbonyl (C=O) groups is 1. The molecule has 10 nitrogen and oxygen atoms in total. The third-order valence-electron chi connectivity index (χ3n) is 5.30. The highest BCUT2D eigenvalue weighted by molar-refractivity contribution is 5.99. The third-order valence-corrected chi connectivity index (χ3v) is 5.30. The minimum Gasteiger partial charge on any atom is -0.504 e. The Morgan fingerprint density at radius 1 is 1.05 bits per heavy atom. The molecular weight excluding hydrogens is 507 g/mol. The fourth-order valence-electron chi connectivity index (χ4n) is 3.09. The number of carbonyl (C=O) groups excluding carboxylic acids is 1. The minimum atomic E-state index is -4.55. The van der Waals surface area contributed by atoms with Crippen molar-refractivity contribution in [2.75, 3.05) is 17.7 Å². The van der Waals surface area contributed by atoms with E-state index < -0.39 is 17.6 Å². The Morgan fingerprint density at radius 3 is 2.47 bits per heavy atom. The first kappa shape index (κ1) is 28.0. The molecule has 2 heterocycles. The number of hydrogen-bond acceptors (Lipinski definition) is 8. The summed E-state index contributed by atoms with van der Waals surface area (Å²) in [6.07, 6.45) is -3.26. The molecule has 3 N–H and O–H groups in total. The second-order valence-electron chi connectivity index (χ2n) is 8.13. The number of phenols is 1. The molecule has 4 rings (SSSR count). The van der Waals surface area contributed by atoms with Crippen LogP contribution in [0.4, 0.5) is 29.5 Å². The summed E-state index contributed by atoms with van der Waals surface area (Å²) in [7, 11) is 1.42. The number of halogens is 3. The van der Waals surface area contributed by atoms with Gasteiger partial charge in [-0.15, -0.1) is 0 Å². The maximum Gasteiger partial charge on any atom is 0.399 e. The number of alkyl halides is 3. The molecule has 2 aromatic heterocycles. The zero-order chi connectivity index (χ0) is 28.1. The number of ether oxygens (including phenoxy) is 2. The van der Waals surface area contributed by atoms with E-state index in [2.05, 4.69) is 25.8 Å². The van der Waals surface area contributed by atoms with Crippen LogP contribution in [-0.2, 0) is 5.41 Å². The van der Waals surface area contributed by atoms with Crippen molar-refractivity contribution in [2.45, 2.75) is 39.3 Å². The lowest BCUT2D eigenvalue weighted by Gasteiger charge is -2.24. The normalized spacial score (nSPS) is 11.4. The number of aromatic nitrogens is 3. The van der Waals surface area contributed by atoms with Crippen LogP contribution >= 0.6 is 0 Å². The number of amides is 2. The predicted molar refractivity (Wildman–Crippen MR) is 134 cm³/mol. The van der Waals surface area contributed by atoms with Crippen molar-refractivity contribution in [1.29, 1.82) is 0 Å². The Bertz CT molecular complexity index is 1420. The second kappa shape index (κ2) is 11.2. The molecule has 2 amide bonds. The number of urea groups is 1. The van der Waals surface area contributed by atoms with Gasteiger partial charge in [0.05, 0.1) is 18.0 Å². The van der Waals surface area contributed by atoms with Gasteiger partial charge in [0.25, 0.3) is 0 Å². The lowest BCUT2D eigenvalue weighted by Crippen LogP contribution is -2.36. The average Bonchev–Trinajstić information content (AvgIpc) is 3.34. The van der Waals surface area contributed by atoms with E-state index in [1.165, 1.54) is 31.6 Å². The van der Waals surface area contributed by atoms with Crippen LogP contribution in [0.2, 0.25) is 0 Å². The molecule has 0 radical (unpaired) electrons. The second-order valence-corrected chi connectivity index (χ2v) is 8.13. The van der Waals surface area contributed by atoms with Crippen molar-refractivity contribution in [1.82, 2.24) is 15.1 Å². The van der Waals surface area contributed by atoms with E-state index >= 15 is 0 Å². The van der Waals surface area contributed by atoms with Crippen LogP contribution in [-0.4, -0.2) is 39.5 Å². The van der Waals surface area contributed by atoms with E-state index in [1.807, 2.05) is 13.8 Å². The predicted octanol–water partition coefficient (Wildman–Crippen LogP) is 6.63. The van der Waals surface area contributed by atoms with Gasteiger partial charge in [-0.3, -0.25) is 5.32 Å². The van der Waals surface area contributed by atoms with Crippen molar-refractivity contribution in [3.8, 4) is 23.1 Å². The molecule has 0 unspecified atom stereocenters. The highest BCUT2D eigenvalue weighted by Gasteiger charge is 2.50. The third kappa shape index (κ3) is 6.05. The largest absolute Gasteiger partial charge is 0.504 e. The van der Waals surface area contributed by atoms with Crippen LogP contribution in [0, 0.1) is 0 Å². The summed E-state index contributed by atoms with van der Waals surface area (Å²) in [5.74, 6) is 0.323. The Hall–Kier alpha value is -4.55. The molecule has 0 aliphatic heterocycles. The first-order valence-corrected chi connectivity index (χ1v) is 11.4. The van der Waals surface area contributed by atoms with E-state index in [4.69, 9.17) is 14.0 Å². The van der Waals surface area contributed by atoms with Gasteiger partial charge in [0, 0.05) is 23.9 Å². The van der Waals surface area contributed by atoms with Crippen LogP contribution in [0.3, 0.4) is 0 Å². The van der Waals surface area contributed by atoms with Crippen molar-refractivity contribution in [3.05, 3.63) is 54.5 Å². The first-order valence-electron chi connectivity index (χ1n) is 11.4. The fourth-order valence-corrected chi connectivity index (χ4v) is 3.09. The lowest BCUT2D eigenvalue weighted by molar-refractivity contribution is -0.181. The number of fused-ring (bicyclic) bond motifs is 1. The molecular formula is C25H26F3N5O5. The smallest absolute Gasteiger partial charge is 0.399 e. The number of rotatable bonds is 6. The molecule has 0 bridgehead atoms. The number of nitrogens with one attached hydrogen (secondary N) is 2. The number of nitrogens with zero attached hydrogens (tertiary/aromatic N) is 3. The van der Waals surface area contributed by atoms with Crippen molar-refractivity contribution in [2.24, 2.45) is 0 Å². The van der Waals surface area contributed by atoms with Gasteiger partial charge in [0.15, 0.2) is 11.5 Å². The summed E-state index contributed by atoms with van der Waals surface area (Å²) in [6, 6.07) is 9.46. The number of aromatic hydroxyl groups is 1. The molecule has 0 atom stereocenters. The molecule has 0 saturated heterocycles. The molecule has 0 spiro atoms. The quantitative estimate of drug-likeness (QED) is 0.252. The molecule has 38 heavy (non-hydrogen) atoms. The van der Waals surface area contributed by atoms with Gasteiger partial charge in [-0.2, -0.15) is 13.2 Å². The van der Waals surface area contributed by atoms with E-state index in [0.29, 0.717) is 22.3 Å². The minimum absolute atomic E-state index is 0.120. The maximum absolute atomic E-state index is 13.2. The lowest BCUT2D eigenvalue weighted by atomic mass is 9.89. The van der Waals surface area contributed by atoms with Crippen molar-refractivity contribution >= 4 is 28.5 Å². The highest BCUT2D eigenvalue weighted by atomic mass is 19.4. The summed E-state index contributed by atoms with van der Waals surface area (Å²) >= 11 is 0. The van der Waals surface area contributed by atoms with E-state index in [-0.39, 0.29) is 29.0 Å². The van der Waals surface area contributed by atoms with Crippen LogP contribution < -0.4 is 20.1 Å². The SMILES string of the molecule is CC.COc1cc2ncnc(Oc3cccc(NC(=O)Nc4cc(C(C)(C)C(F)(F)F)no4)c3)c2cc1O. The molecule has 202 valence electrons. The molecule has 4 aromatic rings. The molecule has 0 saturated carbocycles. The zero-order valence-corrected chi connectivity index (χ0v) is 21.2. The van der Waals surface area contributed by atoms with Gasteiger partial charge in [0.2, 0.25) is 11.8 Å². The standard InChI is InChI=1S/C23H20F3N5O5.C2H6/c1-22(2,23(24,25)26)18-10-19(36-31-18)30-21(33)29-12-5-4-6-13(7-12)35-20-14-8-16(32)17(34-3)9-15(14)27-11-28-20;1-2/h4-11,32H,1-3H3,(H2,29,30,33);1-2H3. The average molecular weight is 534 g/mol. The van der Waals surface area contributed by atoms with E-state index in [1.54, 1.807) is 18.2 Å². The molecule has 13 heteroatoms. The van der Waals surface area contributed by atoms with Gasteiger partial charge in [-0.05, 0) is 32.0 Å². The van der Waals surface area contributed by atoms with Crippen LogP contribution in [0.25, 0.3) is 10.9 Å². The summed E-state index contributed by atoms with van der Waals surface area (Å²) in [5, 5.41) is 18.8. The Kier molecular flexibility index (Phi) is 8.29. The van der Waals surface area contributed by atoms with Gasteiger partial charge < -0.3 is 24.4 Å². The Morgan fingerprint density at radius 2 is 1.79 bits per heavy atom. The summed E-state index contributed by atoms with van der Waals surface area (Å²) in [4.78, 5) is 20.6. The summed E-state index contributed by atoms with van der Waals surface area (Å²) < 4.78 is 55.3. The Labute approximate surface area is 215 Å². The van der Waals surface area contributed by atoms with Gasteiger partial charge in [-0.1, -0.05) is 25.1 Å². The first-order chi connectivity index (χ1) is 18.0. The number of anilines is 2. The van der Waals surface area contributed by atoms with Crippen molar-refractivity contribution in [3.63, 3.8) is 0 Å². The van der Waals surface area contributed by atoms with Crippen LogP contribution in [0.15, 0.2) is 53.3 Å². The molecule has 2 aromatic carbocycles. The van der Waals surface area contributed by atoms with Crippen molar-refractivity contribution < 1.29 is 37.1 Å². The maximum atomic E-state index is 13.2. The number of hydrogen-bond donors (Lipinski definition) is 3. The number of methoxy groups -OCH3 is 1. The highest BCUT2D eigenvalue weighted by Crippen LogP contribution is 2.40. The number of phenolic OH excluding ortho intramolecular Hbond substituents is 1. The van der Waals surface area contributed by atoms with Crippen LogP contribution in [0.5, 0.6) is 23.1 Å². The van der Waals surface area contributed by atoms with E-state index in [0.717, 1.165) is 19.9 Å². The monoisotopic (exact) mass is 533 g/mol. The zero-order valence-electron chi connectivity index (χ0n) is 21.2.